The minimum absolute atomic E-state index is 0.179. The molecule has 4 aromatic rings. The van der Waals surface area contributed by atoms with E-state index < -0.39 is 0 Å². The zero-order chi connectivity index (χ0) is 20.9. The lowest BCUT2D eigenvalue weighted by Crippen LogP contribution is -2.14. The van der Waals surface area contributed by atoms with Crippen LogP contribution in [0.4, 0.5) is 5.69 Å². The summed E-state index contributed by atoms with van der Waals surface area (Å²) in [7, 11) is 0. The molecule has 152 valence electrons. The number of benzene rings is 2. The molecule has 0 aliphatic carbocycles. The maximum atomic E-state index is 12.7. The SMILES string of the molecule is CCc1nc(COc2ccc(C(=O)Nc3cc(Cl)ccc3-n3cncn3)cc2)no1. The van der Waals surface area contributed by atoms with Crippen molar-refractivity contribution in [2.24, 2.45) is 0 Å². The zero-order valence-corrected chi connectivity index (χ0v) is 16.7. The largest absolute Gasteiger partial charge is 0.485 e. The van der Waals surface area contributed by atoms with E-state index in [2.05, 4.69) is 25.5 Å². The van der Waals surface area contributed by atoms with Crippen molar-refractivity contribution >= 4 is 23.2 Å². The third kappa shape index (κ3) is 4.47. The van der Waals surface area contributed by atoms with E-state index in [0.717, 1.165) is 0 Å². The number of halogens is 1. The third-order valence-corrected chi connectivity index (χ3v) is 4.40. The Balaban J connectivity index is 1.44. The van der Waals surface area contributed by atoms with Crippen LogP contribution >= 0.6 is 11.6 Å². The normalized spacial score (nSPS) is 10.7. The van der Waals surface area contributed by atoms with Crippen LogP contribution in [-0.2, 0) is 13.0 Å². The van der Waals surface area contributed by atoms with Crippen molar-refractivity contribution in [3.63, 3.8) is 0 Å². The number of hydrogen-bond acceptors (Lipinski definition) is 7. The van der Waals surface area contributed by atoms with E-state index in [-0.39, 0.29) is 12.5 Å². The van der Waals surface area contributed by atoms with Crippen molar-refractivity contribution in [3.8, 4) is 11.4 Å². The molecule has 4 rings (SSSR count). The van der Waals surface area contributed by atoms with Gasteiger partial charge in [0.1, 0.15) is 18.4 Å². The molecule has 2 heterocycles. The second-order valence-electron chi connectivity index (χ2n) is 6.23. The number of hydrogen-bond donors (Lipinski definition) is 1. The second kappa shape index (κ2) is 8.75. The van der Waals surface area contributed by atoms with E-state index in [1.807, 2.05) is 6.92 Å². The summed E-state index contributed by atoms with van der Waals surface area (Å²) in [4.78, 5) is 20.8. The van der Waals surface area contributed by atoms with Crippen LogP contribution in [0.15, 0.2) is 59.6 Å². The van der Waals surface area contributed by atoms with Crippen LogP contribution in [-0.4, -0.2) is 30.8 Å². The Bertz CT molecular complexity index is 1140. The molecule has 2 aromatic heterocycles. The number of amides is 1. The first-order chi connectivity index (χ1) is 14.6. The molecule has 0 unspecified atom stereocenters. The highest BCUT2D eigenvalue weighted by atomic mass is 35.5. The Kier molecular flexibility index (Phi) is 5.71. The molecule has 0 radical (unpaired) electrons. The molecule has 0 saturated heterocycles. The van der Waals surface area contributed by atoms with Gasteiger partial charge in [0.25, 0.3) is 5.91 Å². The van der Waals surface area contributed by atoms with Crippen molar-refractivity contribution < 1.29 is 14.1 Å². The lowest BCUT2D eigenvalue weighted by molar-refractivity contribution is 0.102. The van der Waals surface area contributed by atoms with Crippen LogP contribution in [0.25, 0.3) is 5.69 Å². The van der Waals surface area contributed by atoms with Gasteiger partial charge in [0.05, 0.1) is 11.4 Å². The predicted octanol–water partition coefficient (Wildman–Crippen LogP) is 3.70. The molecule has 0 bridgehead atoms. The molecule has 1 amide bonds. The average molecular weight is 425 g/mol. The third-order valence-electron chi connectivity index (χ3n) is 4.17. The first-order valence-electron chi connectivity index (χ1n) is 9.12. The van der Waals surface area contributed by atoms with Crippen molar-refractivity contribution in [1.29, 1.82) is 0 Å². The Labute approximate surface area is 176 Å². The lowest BCUT2D eigenvalue weighted by Gasteiger charge is -2.12. The van der Waals surface area contributed by atoms with E-state index in [9.17, 15) is 4.79 Å². The van der Waals surface area contributed by atoms with Gasteiger partial charge in [-0.25, -0.2) is 9.67 Å². The summed E-state index contributed by atoms with van der Waals surface area (Å²) in [6.07, 6.45) is 3.62. The molecule has 10 heteroatoms. The summed E-state index contributed by atoms with van der Waals surface area (Å²) in [5, 5.41) is 11.3. The Morgan fingerprint density at radius 3 is 2.77 bits per heavy atom. The van der Waals surface area contributed by atoms with Gasteiger partial charge < -0.3 is 14.6 Å². The molecular formula is C20H17ClN6O3. The number of carbonyl (C=O) groups excluding carboxylic acids is 1. The highest BCUT2D eigenvalue weighted by Crippen LogP contribution is 2.25. The summed E-state index contributed by atoms with van der Waals surface area (Å²) in [6, 6.07) is 11.9. The fourth-order valence-electron chi connectivity index (χ4n) is 2.68. The van der Waals surface area contributed by atoms with Crippen LogP contribution in [0.1, 0.15) is 29.0 Å². The van der Waals surface area contributed by atoms with Gasteiger partial charge in [-0.15, -0.1) is 0 Å². The van der Waals surface area contributed by atoms with Gasteiger partial charge in [-0.3, -0.25) is 4.79 Å². The number of aromatic nitrogens is 5. The molecule has 2 aromatic carbocycles. The minimum Gasteiger partial charge on any atom is -0.485 e. The van der Waals surface area contributed by atoms with Crippen molar-refractivity contribution in [1.82, 2.24) is 24.9 Å². The second-order valence-corrected chi connectivity index (χ2v) is 6.66. The Hall–Kier alpha value is -3.72. The standard InChI is InChI=1S/C20H17ClN6O3/c1-2-19-25-18(26-30-19)10-29-15-6-3-13(4-7-15)20(28)24-16-9-14(21)5-8-17(16)27-12-22-11-23-27/h3-9,11-12H,2,10H2,1H3,(H,24,28). The Morgan fingerprint density at radius 1 is 1.23 bits per heavy atom. The average Bonchev–Trinajstić information content (AvgIpc) is 3.45. The first kappa shape index (κ1) is 19.6. The first-order valence-corrected chi connectivity index (χ1v) is 9.50. The molecule has 0 spiro atoms. The molecule has 1 N–H and O–H groups in total. The fourth-order valence-corrected chi connectivity index (χ4v) is 2.85. The molecule has 30 heavy (non-hydrogen) atoms. The molecule has 0 aliphatic heterocycles. The lowest BCUT2D eigenvalue weighted by atomic mass is 10.2. The number of ether oxygens (including phenoxy) is 1. The van der Waals surface area contributed by atoms with Crippen LogP contribution in [0.2, 0.25) is 5.02 Å². The van der Waals surface area contributed by atoms with Gasteiger partial charge in [0.2, 0.25) is 11.7 Å². The topological polar surface area (TPSA) is 108 Å². The van der Waals surface area contributed by atoms with E-state index >= 15 is 0 Å². The fraction of sp³-hybridized carbons (Fsp3) is 0.150. The van der Waals surface area contributed by atoms with E-state index in [4.69, 9.17) is 20.9 Å². The molecule has 0 saturated carbocycles. The molecule has 9 nitrogen and oxygen atoms in total. The van der Waals surface area contributed by atoms with Gasteiger partial charge >= 0.3 is 0 Å². The van der Waals surface area contributed by atoms with E-state index in [1.165, 1.54) is 12.7 Å². The van der Waals surface area contributed by atoms with Crippen molar-refractivity contribution in [3.05, 3.63) is 77.4 Å². The van der Waals surface area contributed by atoms with Crippen LogP contribution in [0, 0.1) is 0 Å². The van der Waals surface area contributed by atoms with Crippen LogP contribution in [0.3, 0.4) is 0 Å². The smallest absolute Gasteiger partial charge is 0.255 e. The highest BCUT2D eigenvalue weighted by molar-refractivity contribution is 6.31. The molecule has 0 aliphatic rings. The number of nitrogens with zero attached hydrogens (tertiary/aromatic N) is 5. The molecule has 0 atom stereocenters. The number of rotatable bonds is 7. The predicted molar refractivity (Wildman–Crippen MR) is 109 cm³/mol. The number of nitrogens with one attached hydrogen (secondary N) is 1. The van der Waals surface area contributed by atoms with Gasteiger partial charge in [-0.05, 0) is 42.5 Å². The summed E-state index contributed by atoms with van der Waals surface area (Å²) < 4.78 is 12.2. The van der Waals surface area contributed by atoms with E-state index in [0.29, 0.717) is 45.8 Å². The highest BCUT2D eigenvalue weighted by Gasteiger charge is 2.12. The quantitative estimate of drug-likeness (QED) is 0.481. The summed E-state index contributed by atoms with van der Waals surface area (Å²) in [5.74, 6) is 1.32. The summed E-state index contributed by atoms with van der Waals surface area (Å²) in [5.41, 5.74) is 1.62. The van der Waals surface area contributed by atoms with Gasteiger partial charge in [-0.1, -0.05) is 23.7 Å². The summed E-state index contributed by atoms with van der Waals surface area (Å²) >= 11 is 6.09. The minimum atomic E-state index is -0.295. The van der Waals surface area contributed by atoms with Crippen LogP contribution in [0.5, 0.6) is 5.75 Å². The van der Waals surface area contributed by atoms with Crippen molar-refractivity contribution in [2.75, 3.05) is 5.32 Å². The number of aryl methyl sites for hydroxylation is 1. The molecule has 0 fully saturated rings. The van der Waals surface area contributed by atoms with Crippen LogP contribution < -0.4 is 10.1 Å². The maximum Gasteiger partial charge on any atom is 0.255 e. The summed E-state index contributed by atoms with van der Waals surface area (Å²) in [6.45, 7) is 2.11. The number of carbonyl (C=O) groups is 1. The van der Waals surface area contributed by atoms with Gasteiger partial charge in [-0.2, -0.15) is 10.1 Å². The monoisotopic (exact) mass is 424 g/mol. The van der Waals surface area contributed by atoms with E-state index in [1.54, 1.807) is 47.1 Å². The molecular weight excluding hydrogens is 408 g/mol. The number of anilines is 1. The van der Waals surface area contributed by atoms with Gasteiger partial charge in [0, 0.05) is 17.0 Å². The van der Waals surface area contributed by atoms with Crippen molar-refractivity contribution in [2.45, 2.75) is 20.0 Å². The van der Waals surface area contributed by atoms with Gasteiger partial charge in [0.15, 0.2) is 6.61 Å². The maximum absolute atomic E-state index is 12.7. The Morgan fingerprint density at radius 2 is 2.07 bits per heavy atom. The zero-order valence-electron chi connectivity index (χ0n) is 15.9.